The summed E-state index contributed by atoms with van der Waals surface area (Å²) in [4.78, 5) is 3.98. The first kappa shape index (κ1) is 10.9. The Morgan fingerprint density at radius 3 is 3.00 bits per heavy atom. The molecule has 16 heavy (non-hydrogen) atoms. The van der Waals surface area contributed by atoms with Crippen LogP contribution in [0, 0.1) is 11.3 Å². The molecular weight excluding hydrogens is 202 g/mol. The number of nitrogens with one attached hydrogen (secondary N) is 1. The average Bonchev–Trinajstić information content (AvgIpc) is 2.22. The maximum atomic E-state index is 7.41. The predicted octanol–water partition coefficient (Wildman–Crippen LogP) is 1.93. The summed E-state index contributed by atoms with van der Waals surface area (Å²) >= 11 is 0. The average molecular weight is 219 g/mol. The van der Waals surface area contributed by atoms with Crippen LogP contribution in [0.15, 0.2) is 18.5 Å². The van der Waals surface area contributed by atoms with Gasteiger partial charge in [-0.15, -0.1) is 0 Å². The second-order valence-electron chi connectivity index (χ2n) is 4.22. The standard InChI is InChI=1S/C12H17N3O/c13-12(14)10-4-6-15-8-11(10)16-7-5-9-2-1-3-9/h4,6,8-9H,1-3,5,7H2,(H3,13,14). The Morgan fingerprint density at radius 1 is 1.56 bits per heavy atom. The van der Waals surface area contributed by atoms with Crippen LogP contribution in [0.2, 0.25) is 0 Å². The molecule has 0 aromatic carbocycles. The van der Waals surface area contributed by atoms with E-state index in [1.807, 2.05) is 0 Å². The quantitative estimate of drug-likeness (QED) is 0.587. The highest BCUT2D eigenvalue weighted by Crippen LogP contribution is 2.29. The highest BCUT2D eigenvalue weighted by Gasteiger charge is 2.17. The summed E-state index contributed by atoms with van der Waals surface area (Å²) in [6, 6.07) is 1.71. The van der Waals surface area contributed by atoms with Crippen molar-refractivity contribution in [1.29, 1.82) is 5.41 Å². The maximum absolute atomic E-state index is 7.41. The summed E-state index contributed by atoms with van der Waals surface area (Å²) in [5.74, 6) is 1.48. The zero-order chi connectivity index (χ0) is 11.4. The molecule has 3 N–H and O–H groups in total. The molecule has 1 saturated carbocycles. The molecule has 0 spiro atoms. The van der Waals surface area contributed by atoms with Gasteiger partial charge in [-0.1, -0.05) is 19.3 Å². The molecule has 0 aliphatic heterocycles. The summed E-state index contributed by atoms with van der Waals surface area (Å²) in [6.07, 6.45) is 8.35. The van der Waals surface area contributed by atoms with Gasteiger partial charge in [0.2, 0.25) is 0 Å². The summed E-state index contributed by atoms with van der Waals surface area (Å²) in [5.41, 5.74) is 6.09. The number of hydrogen-bond donors (Lipinski definition) is 2. The van der Waals surface area contributed by atoms with Crippen molar-refractivity contribution in [2.24, 2.45) is 11.7 Å². The minimum atomic E-state index is 0.0287. The number of ether oxygens (including phenoxy) is 1. The van der Waals surface area contributed by atoms with Crippen LogP contribution >= 0.6 is 0 Å². The lowest BCUT2D eigenvalue weighted by Gasteiger charge is -2.25. The molecule has 4 heteroatoms. The first-order valence-corrected chi connectivity index (χ1v) is 5.68. The van der Waals surface area contributed by atoms with Gasteiger partial charge in [-0.05, 0) is 18.4 Å². The van der Waals surface area contributed by atoms with Gasteiger partial charge in [0.1, 0.15) is 11.6 Å². The number of nitrogen functional groups attached to an aromatic ring is 1. The fourth-order valence-corrected chi connectivity index (χ4v) is 1.83. The van der Waals surface area contributed by atoms with Crippen LogP contribution in [-0.2, 0) is 0 Å². The van der Waals surface area contributed by atoms with Crippen molar-refractivity contribution in [3.05, 3.63) is 24.0 Å². The van der Waals surface area contributed by atoms with Crippen molar-refractivity contribution < 1.29 is 4.74 Å². The van der Waals surface area contributed by atoms with E-state index in [4.69, 9.17) is 15.9 Å². The first-order chi connectivity index (χ1) is 7.77. The van der Waals surface area contributed by atoms with Crippen molar-refractivity contribution in [2.75, 3.05) is 6.61 Å². The zero-order valence-corrected chi connectivity index (χ0v) is 9.28. The molecule has 0 bridgehead atoms. The summed E-state index contributed by atoms with van der Waals surface area (Å²) in [6.45, 7) is 0.691. The Kier molecular flexibility index (Phi) is 3.39. The molecule has 1 aromatic heterocycles. The molecule has 0 amide bonds. The third kappa shape index (κ3) is 2.51. The molecule has 0 atom stereocenters. The lowest BCUT2D eigenvalue weighted by molar-refractivity contribution is 0.221. The van der Waals surface area contributed by atoms with Gasteiger partial charge in [-0.2, -0.15) is 0 Å². The third-order valence-electron chi connectivity index (χ3n) is 3.08. The molecule has 0 unspecified atom stereocenters. The highest BCUT2D eigenvalue weighted by molar-refractivity contribution is 5.97. The van der Waals surface area contributed by atoms with Gasteiger partial charge in [0.25, 0.3) is 0 Å². The SMILES string of the molecule is N=C(N)c1ccncc1OCCC1CCC1. The number of hydrogen-bond acceptors (Lipinski definition) is 3. The molecule has 4 nitrogen and oxygen atoms in total. The van der Waals surface area contributed by atoms with Crippen LogP contribution in [-0.4, -0.2) is 17.4 Å². The number of nitrogens with zero attached hydrogens (tertiary/aromatic N) is 1. The third-order valence-corrected chi connectivity index (χ3v) is 3.08. The highest BCUT2D eigenvalue weighted by atomic mass is 16.5. The largest absolute Gasteiger partial charge is 0.491 e. The van der Waals surface area contributed by atoms with Gasteiger partial charge in [-0.25, -0.2) is 0 Å². The van der Waals surface area contributed by atoms with Crippen LogP contribution in [0.5, 0.6) is 5.75 Å². The predicted molar refractivity (Wildman–Crippen MR) is 62.7 cm³/mol. The monoisotopic (exact) mass is 219 g/mol. The van der Waals surface area contributed by atoms with Crippen molar-refractivity contribution in [3.8, 4) is 5.75 Å². The number of pyridine rings is 1. The fourth-order valence-electron chi connectivity index (χ4n) is 1.83. The molecule has 1 aliphatic carbocycles. The summed E-state index contributed by atoms with van der Waals surface area (Å²) in [5, 5.41) is 7.41. The minimum absolute atomic E-state index is 0.0287. The lowest BCUT2D eigenvalue weighted by Crippen LogP contribution is -2.17. The van der Waals surface area contributed by atoms with Gasteiger partial charge in [0, 0.05) is 6.20 Å². The zero-order valence-electron chi connectivity index (χ0n) is 9.28. The van der Waals surface area contributed by atoms with Gasteiger partial charge in [0.05, 0.1) is 18.4 Å². The van der Waals surface area contributed by atoms with E-state index in [-0.39, 0.29) is 5.84 Å². The normalized spacial score (nSPS) is 15.5. The van der Waals surface area contributed by atoms with E-state index in [9.17, 15) is 0 Å². The van der Waals surface area contributed by atoms with Gasteiger partial charge in [-0.3, -0.25) is 10.4 Å². The van der Waals surface area contributed by atoms with Gasteiger partial charge < -0.3 is 10.5 Å². The van der Waals surface area contributed by atoms with Gasteiger partial charge in [0.15, 0.2) is 0 Å². The minimum Gasteiger partial charge on any atom is -0.491 e. The van der Waals surface area contributed by atoms with E-state index in [0.29, 0.717) is 17.9 Å². The summed E-state index contributed by atoms with van der Waals surface area (Å²) in [7, 11) is 0. The van der Waals surface area contributed by atoms with E-state index in [1.165, 1.54) is 19.3 Å². The Hall–Kier alpha value is -1.58. The van der Waals surface area contributed by atoms with E-state index < -0.39 is 0 Å². The molecular formula is C12H17N3O. The fraction of sp³-hybridized carbons (Fsp3) is 0.500. The van der Waals surface area contributed by atoms with E-state index in [1.54, 1.807) is 18.5 Å². The van der Waals surface area contributed by atoms with Crippen molar-refractivity contribution in [3.63, 3.8) is 0 Å². The Bertz CT molecular complexity index is 374. The molecule has 1 heterocycles. The Labute approximate surface area is 95.3 Å². The van der Waals surface area contributed by atoms with Crippen molar-refractivity contribution in [2.45, 2.75) is 25.7 Å². The smallest absolute Gasteiger partial charge is 0.148 e. The Balaban J connectivity index is 1.89. The van der Waals surface area contributed by atoms with Crippen LogP contribution in [0.3, 0.4) is 0 Å². The number of rotatable bonds is 5. The number of amidine groups is 1. The van der Waals surface area contributed by atoms with E-state index >= 15 is 0 Å². The van der Waals surface area contributed by atoms with Crippen molar-refractivity contribution in [1.82, 2.24) is 4.98 Å². The topological polar surface area (TPSA) is 72.0 Å². The molecule has 0 radical (unpaired) electrons. The Morgan fingerprint density at radius 2 is 2.38 bits per heavy atom. The first-order valence-electron chi connectivity index (χ1n) is 5.68. The van der Waals surface area contributed by atoms with Crippen LogP contribution in [0.4, 0.5) is 0 Å². The molecule has 1 aromatic rings. The second-order valence-corrected chi connectivity index (χ2v) is 4.22. The molecule has 86 valence electrons. The second kappa shape index (κ2) is 4.96. The van der Waals surface area contributed by atoms with Crippen LogP contribution in [0.1, 0.15) is 31.2 Å². The number of aromatic nitrogens is 1. The lowest BCUT2D eigenvalue weighted by atomic mass is 9.83. The van der Waals surface area contributed by atoms with Crippen LogP contribution < -0.4 is 10.5 Å². The number of nitrogens with two attached hydrogens (primary N) is 1. The van der Waals surface area contributed by atoms with Gasteiger partial charge >= 0.3 is 0 Å². The van der Waals surface area contributed by atoms with E-state index in [2.05, 4.69) is 4.98 Å². The molecule has 1 aliphatic rings. The molecule has 1 fully saturated rings. The molecule has 0 saturated heterocycles. The van der Waals surface area contributed by atoms with Crippen molar-refractivity contribution >= 4 is 5.84 Å². The maximum Gasteiger partial charge on any atom is 0.148 e. The molecule has 2 rings (SSSR count). The summed E-state index contributed by atoms with van der Waals surface area (Å²) < 4.78 is 5.62. The van der Waals surface area contributed by atoms with Crippen LogP contribution in [0.25, 0.3) is 0 Å². The van der Waals surface area contributed by atoms with E-state index in [0.717, 1.165) is 12.3 Å².